The smallest absolute Gasteiger partial charge is 0.224 e. The van der Waals surface area contributed by atoms with Gasteiger partial charge in [0.25, 0.3) is 0 Å². The summed E-state index contributed by atoms with van der Waals surface area (Å²) in [6.07, 6.45) is 4.84. The van der Waals surface area contributed by atoms with Crippen molar-refractivity contribution in [3.05, 3.63) is 11.5 Å². The van der Waals surface area contributed by atoms with E-state index < -0.39 is 15.8 Å². The molecule has 0 rings (SSSR count). The van der Waals surface area contributed by atoms with Crippen molar-refractivity contribution in [1.82, 2.24) is 10.6 Å². The van der Waals surface area contributed by atoms with Crippen molar-refractivity contribution in [3.8, 4) is 0 Å². The van der Waals surface area contributed by atoms with Crippen LogP contribution in [0.2, 0.25) is 0 Å². The summed E-state index contributed by atoms with van der Waals surface area (Å²) in [7, 11) is -3.28. The second-order valence-electron chi connectivity index (χ2n) is 10.4. The van der Waals surface area contributed by atoms with Crippen molar-refractivity contribution in [3.63, 3.8) is 0 Å². The lowest BCUT2D eigenvalue weighted by atomic mass is 9.87. The van der Waals surface area contributed by atoms with Gasteiger partial charge in [0, 0.05) is 36.1 Å². The maximum absolute atomic E-state index is 13.1. The molecule has 2 N–H and O–H groups in total. The number of hydrogen-bond acceptors (Lipinski definition) is 5. The van der Waals surface area contributed by atoms with Crippen LogP contribution >= 0.6 is 0 Å². The first-order valence-corrected chi connectivity index (χ1v) is 13.5. The van der Waals surface area contributed by atoms with Crippen molar-refractivity contribution in [2.24, 2.45) is 23.7 Å². The van der Waals surface area contributed by atoms with Gasteiger partial charge in [0.15, 0.2) is 15.6 Å². The number of carbonyl (C=O) groups excluding carboxylic acids is 2. The summed E-state index contributed by atoms with van der Waals surface area (Å²) in [5, 5.41) is 7.49. The van der Waals surface area contributed by atoms with E-state index in [1.165, 1.54) is 0 Å². The molecular formula is C24H46N2O4S. The average Bonchev–Trinajstić information content (AvgIpc) is 2.56. The monoisotopic (exact) mass is 458 g/mol. The predicted molar refractivity (Wildman–Crippen MR) is 129 cm³/mol. The summed E-state index contributed by atoms with van der Waals surface area (Å²) in [5.74, 6) is 0.367. The topological polar surface area (TPSA) is 92.3 Å². The van der Waals surface area contributed by atoms with E-state index in [1.807, 2.05) is 41.5 Å². The van der Waals surface area contributed by atoms with Gasteiger partial charge in [0.1, 0.15) is 0 Å². The molecule has 0 aromatic heterocycles. The Morgan fingerprint density at radius 3 is 1.77 bits per heavy atom. The minimum absolute atomic E-state index is 0.0651. The number of rotatable bonds is 15. The van der Waals surface area contributed by atoms with E-state index in [2.05, 4.69) is 24.5 Å². The minimum Gasteiger partial charge on any atom is -0.350 e. The van der Waals surface area contributed by atoms with Gasteiger partial charge in [-0.2, -0.15) is 0 Å². The summed E-state index contributed by atoms with van der Waals surface area (Å²) in [6.45, 7) is 16.3. The molecule has 0 aromatic rings. The van der Waals surface area contributed by atoms with Gasteiger partial charge in [0.05, 0.1) is 6.04 Å². The Labute approximate surface area is 190 Å². The number of ketones is 1. The second kappa shape index (κ2) is 14.0. The summed E-state index contributed by atoms with van der Waals surface area (Å²) >= 11 is 0. The van der Waals surface area contributed by atoms with Crippen LogP contribution < -0.4 is 10.6 Å². The van der Waals surface area contributed by atoms with Crippen LogP contribution in [0.5, 0.6) is 0 Å². The Hall–Kier alpha value is -1.21. The fraction of sp³-hybridized carbons (Fsp3) is 0.833. The summed E-state index contributed by atoms with van der Waals surface area (Å²) < 4.78 is 23.1. The molecule has 6 nitrogen and oxygen atoms in total. The maximum Gasteiger partial charge on any atom is 0.224 e. The van der Waals surface area contributed by atoms with E-state index in [1.54, 1.807) is 6.08 Å². The zero-order valence-electron chi connectivity index (χ0n) is 21.1. The largest absolute Gasteiger partial charge is 0.350 e. The molecule has 0 saturated heterocycles. The van der Waals surface area contributed by atoms with Gasteiger partial charge >= 0.3 is 0 Å². The van der Waals surface area contributed by atoms with Crippen LogP contribution in [-0.4, -0.2) is 44.5 Å². The number of carbonyl (C=O) groups is 2. The molecule has 0 heterocycles. The molecule has 31 heavy (non-hydrogen) atoms. The lowest BCUT2D eigenvalue weighted by Crippen LogP contribution is -2.45. The van der Waals surface area contributed by atoms with E-state index in [-0.39, 0.29) is 48.1 Å². The standard InChI is InChI=1S/C24H46N2O4S/c1-16(2)12-20(15-23(27)22(14-18(5)6)25-19(7)8)24(28)26-21(13-17(3)4)10-11-31(9,29)30/h10-11,16-22,25H,12-15H2,1-9H3,(H,26,28)/b11-10+/t20-,21-,22+/m1/s1. The van der Waals surface area contributed by atoms with Crippen molar-refractivity contribution >= 4 is 21.5 Å². The van der Waals surface area contributed by atoms with Crippen molar-refractivity contribution in [2.75, 3.05) is 6.26 Å². The van der Waals surface area contributed by atoms with E-state index in [0.29, 0.717) is 18.8 Å². The number of amides is 1. The second-order valence-corrected chi connectivity index (χ2v) is 12.3. The van der Waals surface area contributed by atoms with Gasteiger partial charge < -0.3 is 10.6 Å². The van der Waals surface area contributed by atoms with Gasteiger partial charge in [-0.3, -0.25) is 9.59 Å². The Bertz CT molecular complexity index is 672. The Morgan fingerprint density at radius 2 is 1.35 bits per heavy atom. The molecule has 0 aliphatic heterocycles. The highest BCUT2D eigenvalue weighted by molar-refractivity contribution is 7.93. The minimum atomic E-state index is -3.28. The third-order valence-electron chi connectivity index (χ3n) is 4.82. The number of hydrogen-bond donors (Lipinski definition) is 2. The fourth-order valence-corrected chi connectivity index (χ4v) is 4.11. The molecule has 0 bridgehead atoms. The highest BCUT2D eigenvalue weighted by Crippen LogP contribution is 2.20. The molecule has 0 aromatic carbocycles. The third kappa shape index (κ3) is 15.3. The molecule has 1 amide bonds. The molecular weight excluding hydrogens is 412 g/mol. The van der Waals surface area contributed by atoms with Crippen molar-refractivity contribution < 1.29 is 18.0 Å². The van der Waals surface area contributed by atoms with Gasteiger partial charge in [-0.05, 0) is 37.0 Å². The SMILES string of the molecule is CC(C)C[C@H](CC(=O)[C@H](CC(C)C)NC(C)C)C(=O)N[C@H](/C=C/S(C)(=O)=O)CC(C)C. The van der Waals surface area contributed by atoms with Crippen LogP contribution in [0, 0.1) is 23.7 Å². The molecule has 0 fully saturated rings. The van der Waals surface area contributed by atoms with Gasteiger partial charge in [-0.25, -0.2) is 8.42 Å². The third-order valence-corrected chi connectivity index (χ3v) is 5.47. The lowest BCUT2D eigenvalue weighted by Gasteiger charge is -2.26. The first kappa shape index (κ1) is 29.8. The Balaban J connectivity index is 5.51. The number of sulfone groups is 1. The maximum atomic E-state index is 13.1. The van der Waals surface area contributed by atoms with E-state index in [4.69, 9.17) is 0 Å². The zero-order valence-corrected chi connectivity index (χ0v) is 21.9. The zero-order chi connectivity index (χ0) is 24.4. The van der Waals surface area contributed by atoms with Crippen LogP contribution in [0.25, 0.3) is 0 Å². The molecule has 3 atom stereocenters. The molecule has 0 spiro atoms. The number of nitrogens with one attached hydrogen (secondary N) is 2. The van der Waals surface area contributed by atoms with E-state index in [9.17, 15) is 18.0 Å². The van der Waals surface area contributed by atoms with Crippen LogP contribution in [0.3, 0.4) is 0 Å². The van der Waals surface area contributed by atoms with Crippen LogP contribution in [0.15, 0.2) is 11.5 Å². The van der Waals surface area contributed by atoms with Gasteiger partial charge in [-0.15, -0.1) is 0 Å². The predicted octanol–water partition coefficient (Wildman–Crippen LogP) is 4.11. The summed E-state index contributed by atoms with van der Waals surface area (Å²) in [6, 6.07) is -0.465. The quantitative estimate of drug-likeness (QED) is 0.385. The fourth-order valence-electron chi connectivity index (χ4n) is 3.64. The molecule has 0 saturated carbocycles. The number of Topliss-reactive ketones (excluding diaryl/α,β-unsaturated/α-hetero) is 1. The highest BCUT2D eigenvalue weighted by atomic mass is 32.2. The van der Waals surface area contributed by atoms with Crippen LogP contribution in [-0.2, 0) is 19.4 Å². The summed E-state index contributed by atoms with van der Waals surface area (Å²) in [5.41, 5.74) is 0. The molecule has 182 valence electrons. The normalized spacial score (nSPS) is 15.8. The van der Waals surface area contributed by atoms with Crippen molar-refractivity contribution in [1.29, 1.82) is 0 Å². The van der Waals surface area contributed by atoms with Crippen molar-refractivity contribution in [2.45, 2.75) is 99.2 Å². The van der Waals surface area contributed by atoms with Gasteiger partial charge in [-0.1, -0.05) is 61.5 Å². The van der Waals surface area contributed by atoms with Gasteiger partial charge in [0.2, 0.25) is 5.91 Å². The van der Waals surface area contributed by atoms with E-state index >= 15 is 0 Å². The average molecular weight is 459 g/mol. The Morgan fingerprint density at radius 1 is 0.839 bits per heavy atom. The first-order valence-electron chi connectivity index (χ1n) is 11.6. The molecule has 0 aliphatic rings. The van der Waals surface area contributed by atoms with Crippen LogP contribution in [0.1, 0.15) is 81.1 Å². The molecule has 7 heteroatoms. The molecule has 0 aliphatic carbocycles. The summed E-state index contributed by atoms with van der Waals surface area (Å²) in [4.78, 5) is 26.2. The molecule has 0 unspecified atom stereocenters. The lowest BCUT2D eigenvalue weighted by molar-refractivity contribution is -0.131. The van der Waals surface area contributed by atoms with E-state index in [0.717, 1.165) is 18.1 Å². The Kier molecular flexibility index (Phi) is 13.5. The van der Waals surface area contributed by atoms with Crippen LogP contribution in [0.4, 0.5) is 0 Å². The first-order chi connectivity index (χ1) is 14.1. The highest BCUT2D eigenvalue weighted by Gasteiger charge is 2.29. The molecule has 0 radical (unpaired) electrons.